The number of hydrogen-bond donors (Lipinski definition) is 2. The molecule has 1 atom stereocenters. The fourth-order valence-electron chi connectivity index (χ4n) is 3.99. The molecule has 1 aromatic carbocycles. The number of halogens is 1. The van der Waals surface area contributed by atoms with Gasteiger partial charge in [-0.2, -0.15) is 5.10 Å². The van der Waals surface area contributed by atoms with Gasteiger partial charge in [-0.15, -0.1) is 6.58 Å². The van der Waals surface area contributed by atoms with Crippen LogP contribution in [0.5, 0.6) is 0 Å². The molecule has 3 heterocycles. The highest BCUT2D eigenvalue weighted by Crippen LogP contribution is 2.27. The number of hydrogen-bond acceptors (Lipinski definition) is 7. The van der Waals surface area contributed by atoms with Gasteiger partial charge in [-0.1, -0.05) is 42.5 Å². The average Bonchev–Trinajstić information content (AvgIpc) is 3.57. The van der Waals surface area contributed by atoms with Gasteiger partial charge in [0, 0.05) is 11.6 Å². The monoisotopic (exact) mass is 527 g/mol. The second kappa shape index (κ2) is 12.1. The predicted octanol–water partition coefficient (Wildman–Crippen LogP) is 5.86. The van der Waals surface area contributed by atoms with Gasteiger partial charge in [0.25, 0.3) is 5.91 Å². The number of alkyl halides is 1. The Kier molecular flexibility index (Phi) is 8.45. The van der Waals surface area contributed by atoms with Crippen molar-refractivity contribution < 1.29 is 13.6 Å². The Morgan fingerprint density at radius 1 is 1.28 bits per heavy atom. The zero-order chi connectivity index (χ0) is 27.9. The van der Waals surface area contributed by atoms with E-state index in [1.165, 1.54) is 25.6 Å². The molecule has 1 amide bonds. The molecular weight excluding hydrogens is 497 g/mol. The van der Waals surface area contributed by atoms with Gasteiger partial charge in [0.05, 0.1) is 18.9 Å². The van der Waals surface area contributed by atoms with Crippen molar-refractivity contribution in [3.63, 3.8) is 0 Å². The molecule has 3 aromatic heterocycles. The third-order valence-corrected chi connectivity index (χ3v) is 6.03. The lowest BCUT2D eigenvalue weighted by molar-refractivity contribution is 0.102. The number of rotatable bonds is 10. The van der Waals surface area contributed by atoms with Crippen molar-refractivity contribution in [1.29, 1.82) is 0 Å². The minimum atomic E-state index is -1.21. The number of aromatic nitrogens is 5. The molecule has 0 spiro atoms. The van der Waals surface area contributed by atoms with Crippen LogP contribution < -0.4 is 11.1 Å². The highest BCUT2D eigenvalue weighted by Gasteiger charge is 2.20. The molecule has 0 radical (unpaired) electrons. The molecule has 10 heteroatoms. The second-order valence-electron chi connectivity index (χ2n) is 8.93. The Morgan fingerprint density at radius 3 is 2.69 bits per heavy atom. The van der Waals surface area contributed by atoms with E-state index >= 15 is 0 Å². The van der Waals surface area contributed by atoms with Crippen LogP contribution in [-0.2, 0) is 6.54 Å². The summed E-state index contributed by atoms with van der Waals surface area (Å²) < 4.78 is 21.5. The Balaban J connectivity index is 1.64. The fraction of sp³-hybridized carbons (Fsp3) is 0.207. The van der Waals surface area contributed by atoms with Gasteiger partial charge in [0.2, 0.25) is 5.89 Å². The summed E-state index contributed by atoms with van der Waals surface area (Å²) >= 11 is 0. The number of nitrogens with one attached hydrogen (secondary N) is 1. The third-order valence-electron chi connectivity index (χ3n) is 6.03. The van der Waals surface area contributed by atoms with Gasteiger partial charge >= 0.3 is 0 Å². The summed E-state index contributed by atoms with van der Waals surface area (Å²) in [5.74, 6) is 0.323. The summed E-state index contributed by atoms with van der Waals surface area (Å²) in [6, 6.07) is 7.33. The van der Waals surface area contributed by atoms with Crippen LogP contribution in [0.25, 0.3) is 23.1 Å². The lowest BCUT2D eigenvalue weighted by atomic mass is 10.0. The van der Waals surface area contributed by atoms with Gasteiger partial charge in [-0.05, 0) is 43.9 Å². The van der Waals surface area contributed by atoms with E-state index in [4.69, 9.17) is 10.2 Å². The lowest BCUT2D eigenvalue weighted by Gasteiger charge is -2.11. The van der Waals surface area contributed by atoms with E-state index in [2.05, 4.69) is 31.9 Å². The molecule has 39 heavy (non-hydrogen) atoms. The van der Waals surface area contributed by atoms with Crippen LogP contribution >= 0.6 is 0 Å². The van der Waals surface area contributed by atoms with Crippen molar-refractivity contribution in [3.8, 4) is 23.1 Å². The SMILES string of the molecule is C=CC/C=C\C=C(\Cn1nc(-c2ncc(NC(=O)c3c(C)cccc3C)c(N)n2)cc1-c1ncco1)C(C)F. The molecule has 4 aromatic rings. The Hall–Kier alpha value is -4.86. The van der Waals surface area contributed by atoms with Crippen LogP contribution in [0, 0.1) is 13.8 Å². The fourth-order valence-corrected chi connectivity index (χ4v) is 3.99. The van der Waals surface area contributed by atoms with Crippen molar-refractivity contribution in [2.24, 2.45) is 0 Å². The Bertz CT molecular complexity index is 1510. The van der Waals surface area contributed by atoms with Crippen LogP contribution in [0.3, 0.4) is 0 Å². The molecule has 0 fully saturated rings. The maximum atomic E-state index is 14.5. The summed E-state index contributed by atoms with van der Waals surface area (Å²) in [4.78, 5) is 25.9. The van der Waals surface area contributed by atoms with E-state index in [1.807, 2.05) is 38.1 Å². The number of nitrogens with zero attached hydrogens (tertiary/aromatic N) is 5. The maximum Gasteiger partial charge on any atom is 0.256 e. The zero-order valence-corrected chi connectivity index (χ0v) is 22.1. The summed E-state index contributed by atoms with van der Waals surface area (Å²) in [5.41, 5.74) is 10.1. The lowest BCUT2D eigenvalue weighted by Crippen LogP contribution is -2.17. The van der Waals surface area contributed by atoms with Gasteiger partial charge in [-0.3, -0.25) is 9.48 Å². The molecule has 0 aliphatic carbocycles. The normalized spacial score (nSPS) is 12.6. The molecule has 0 aliphatic rings. The molecule has 9 nitrogen and oxygen atoms in total. The first-order valence-corrected chi connectivity index (χ1v) is 12.4. The number of oxazole rings is 1. The van der Waals surface area contributed by atoms with E-state index in [9.17, 15) is 9.18 Å². The first kappa shape index (κ1) is 27.2. The first-order valence-electron chi connectivity index (χ1n) is 12.4. The standard InChI is InChI=1S/C29H30FN7O2/c1-5-6-7-8-12-21(20(4)30)17-37-24(29-32-13-14-39-29)15-22(36-37)27-33-16-23(26(31)35-27)34-28(38)25-18(2)10-9-11-19(25)3/h5,7-16,20H,1,6,17H2,2-4H3,(H,34,38)(H2,31,33,35)/b8-7-,21-12-. The molecule has 0 aliphatic heterocycles. The number of amides is 1. The van der Waals surface area contributed by atoms with Gasteiger partial charge in [-0.25, -0.2) is 19.3 Å². The second-order valence-corrected chi connectivity index (χ2v) is 8.93. The molecule has 3 N–H and O–H groups in total. The molecular formula is C29H30FN7O2. The van der Waals surface area contributed by atoms with Crippen LogP contribution in [0.2, 0.25) is 0 Å². The summed E-state index contributed by atoms with van der Waals surface area (Å²) in [7, 11) is 0. The topological polar surface area (TPSA) is 125 Å². The van der Waals surface area contributed by atoms with Crippen LogP contribution in [0.1, 0.15) is 34.8 Å². The van der Waals surface area contributed by atoms with Crippen molar-refractivity contribution in [2.75, 3.05) is 11.1 Å². The number of benzene rings is 1. The quantitative estimate of drug-likeness (QED) is 0.195. The number of nitrogens with two attached hydrogens (primary N) is 1. The van der Waals surface area contributed by atoms with Crippen LogP contribution in [-0.4, -0.2) is 36.8 Å². The van der Waals surface area contributed by atoms with Gasteiger partial charge in [0.1, 0.15) is 29.5 Å². The van der Waals surface area contributed by atoms with Crippen molar-refractivity contribution in [2.45, 2.75) is 39.9 Å². The molecule has 1 unspecified atom stereocenters. The number of carbonyl (C=O) groups excluding carboxylic acids is 1. The highest BCUT2D eigenvalue weighted by atomic mass is 19.1. The van der Waals surface area contributed by atoms with E-state index < -0.39 is 6.17 Å². The van der Waals surface area contributed by atoms with Crippen molar-refractivity contribution >= 4 is 17.4 Å². The first-order chi connectivity index (χ1) is 18.8. The van der Waals surface area contributed by atoms with E-state index in [-0.39, 0.29) is 29.8 Å². The maximum absolute atomic E-state index is 14.5. The smallest absolute Gasteiger partial charge is 0.256 e. The molecule has 0 bridgehead atoms. The molecule has 0 saturated carbocycles. The number of nitrogen functional groups attached to an aromatic ring is 1. The molecule has 4 rings (SSSR count). The van der Waals surface area contributed by atoms with Crippen LogP contribution in [0.4, 0.5) is 15.9 Å². The van der Waals surface area contributed by atoms with E-state index in [1.54, 1.807) is 29.0 Å². The highest BCUT2D eigenvalue weighted by molar-refractivity contribution is 6.07. The van der Waals surface area contributed by atoms with E-state index in [0.29, 0.717) is 34.8 Å². The minimum absolute atomic E-state index is 0.0807. The number of allylic oxidation sites excluding steroid dienone is 5. The van der Waals surface area contributed by atoms with E-state index in [0.717, 1.165) is 11.1 Å². The predicted molar refractivity (Wildman–Crippen MR) is 150 cm³/mol. The summed E-state index contributed by atoms with van der Waals surface area (Å²) in [5, 5.41) is 7.40. The van der Waals surface area contributed by atoms with Gasteiger partial charge in [0.15, 0.2) is 11.6 Å². The third kappa shape index (κ3) is 6.35. The Morgan fingerprint density at radius 2 is 2.05 bits per heavy atom. The number of anilines is 2. The van der Waals surface area contributed by atoms with Gasteiger partial charge < -0.3 is 15.5 Å². The molecule has 200 valence electrons. The summed E-state index contributed by atoms with van der Waals surface area (Å²) in [6.07, 6.45) is 11.0. The number of aryl methyl sites for hydroxylation is 2. The largest absolute Gasteiger partial charge is 0.443 e. The Labute approximate surface area is 226 Å². The number of carbonyl (C=O) groups is 1. The zero-order valence-electron chi connectivity index (χ0n) is 22.1. The molecule has 0 saturated heterocycles. The van der Waals surface area contributed by atoms with Crippen LogP contribution in [0.15, 0.2) is 83.8 Å². The van der Waals surface area contributed by atoms with Crippen molar-refractivity contribution in [1.82, 2.24) is 24.7 Å². The minimum Gasteiger partial charge on any atom is -0.443 e. The average molecular weight is 528 g/mol. The summed E-state index contributed by atoms with van der Waals surface area (Å²) in [6.45, 7) is 9.03. The van der Waals surface area contributed by atoms with Crippen molar-refractivity contribution in [3.05, 3.63) is 96.1 Å².